The molecule has 21 heavy (non-hydrogen) atoms. The zero-order valence-electron chi connectivity index (χ0n) is 12.4. The number of hydrogen-bond donors (Lipinski definition) is 1. The second-order valence-corrected chi connectivity index (χ2v) is 5.63. The van der Waals surface area contributed by atoms with Crippen molar-refractivity contribution in [1.29, 1.82) is 0 Å². The molecule has 2 unspecified atom stereocenters. The molecule has 1 N–H and O–H groups in total. The second kappa shape index (κ2) is 5.60. The maximum atomic E-state index is 12.8. The van der Waals surface area contributed by atoms with Crippen molar-refractivity contribution in [2.24, 2.45) is 5.92 Å². The molecule has 0 radical (unpaired) electrons. The molecule has 2 atom stereocenters. The van der Waals surface area contributed by atoms with E-state index in [4.69, 9.17) is 0 Å². The molecule has 3 heteroatoms. The first-order chi connectivity index (χ1) is 10.2. The van der Waals surface area contributed by atoms with E-state index in [9.17, 15) is 4.79 Å². The van der Waals surface area contributed by atoms with Crippen molar-refractivity contribution in [2.45, 2.75) is 19.4 Å². The summed E-state index contributed by atoms with van der Waals surface area (Å²) in [4.78, 5) is 14.6. The molecule has 0 saturated heterocycles. The van der Waals surface area contributed by atoms with Crippen LogP contribution in [0.15, 0.2) is 54.6 Å². The predicted octanol–water partition coefficient (Wildman–Crippen LogP) is 3.32. The summed E-state index contributed by atoms with van der Waals surface area (Å²) >= 11 is 0. The smallest absolute Gasteiger partial charge is 0.232 e. The van der Waals surface area contributed by atoms with Gasteiger partial charge in [-0.25, -0.2) is 0 Å². The molecule has 1 amide bonds. The fourth-order valence-electron chi connectivity index (χ4n) is 2.93. The Hall–Kier alpha value is -2.29. The van der Waals surface area contributed by atoms with Gasteiger partial charge in [-0.3, -0.25) is 4.79 Å². The highest BCUT2D eigenvalue weighted by Gasteiger charge is 2.32. The minimum atomic E-state index is -0.0369. The summed E-state index contributed by atoms with van der Waals surface area (Å²) in [6.07, 6.45) is 0.792. The monoisotopic (exact) mass is 280 g/mol. The first-order valence-electron chi connectivity index (χ1n) is 7.34. The van der Waals surface area contributed by atoms with E-state index in [-0.39, 0.29) is 17.9 Å². The lowest BCUT2D eigenvalue weighted by molar-refractivity contribution is -0.122. The first-order valence-corrected chi connectivity index (χ1v) is 7.34. The van der Waals surface area contributed by atoms with Gasteiger partial charge in [0.1, 0.15) is 0 Å². The van der Waals surface area contributed by atoms with E-state index < -0.39 is 0 Å². The molecule has 1 aliphatic rings. The van der Waals surface area contributed by atoms with E-state index in [0.717, 1.165) is 17.8 Å². The second-order valence-electron chi connectivity index (χ2n) is 5.63. The first kappa shape index (κ1) is 13.7. The quantitative estimate of drug-likeness (QED) is 0.915. The van der Waals surface area contributed by atoms with Crippen molar-refractivity contribution < 1.29 is 4.79 Å². The van der Waals surface area contributed by atoms with Crippen LogP contribution in [0.4, 0.5) is 11.4 Å². The van der Waals surface area contributed by atoms with Crippen LogP contribution < -0.4 is 10.2 Å². The van der Waals surface area contributed by atoms with Crippen molar-refractivity contribution in [3.8, 4) is 0 Å². The lowest BCUT2D eigenvalue weighted by Crippen LogP contribution is -2.44. The minimum Gasteiger partial charge on any atom is -0.382 e. The SMILES string of the molecule is CC1Nc2ccccc2CC1C(=O)N(C)c1ccccc1. The van der Waals surface area contributed by atoms with Gasteiger partial charge in [0.15, 0.2) is 0 Å². The molecule has 3 rings (SSSR count). The fourth-order valence-corrected chi connectivity index (χ4v) is 2.93. The number of benzene rings is 2. The summed E-state index contributed by atoms with van der Waals surface area (Å²) in [5.41, 5.74) is 3.31. The molecule has 0 saturated carbocycles. The Morgan fingerprint density at radius 3 is 2.52 bits per heavy atom. The lowest BCUT2D eigenvalue weighted by Gasteiger charge is -2.34. The Labute approximate surface area is 125 Å². The lowest BCUT2D eigenvalue weighted by atomic mass is 9.87. The van der Waals surface area contributed by atoms with Gasteiger partial charge in [0.2, 0.25) is 5.91 Å². The zero-order valence-corrected chi connectivity index (χ0v) is 12.4. The maximum Gasteiger partial charge on any atom is 0.232 e. The molecule has 3 nitrogen and oxygen atoms in total. The highest BCUT2D eigenvalue weighted by Crippen LogP contribution is 2.30. The number of carbonyl (C=O) groups is 1. The van der Waals surface area contributed by atoms with Gasteiger partial charge in [0, 0.05) is 24.5 Å². The van der Waals surface area contributed by atoms with Gasteiger partial charge in [-0.05, 0) is 37.1 Å². The number of nitrogens with one attached hydrogen (secondary N) is 1. The Morgan fingerprint density at radius 1 is 1.10 bits per heavy atom. The van der Waals surface area contributed by atoms with E-state index in [1.165, 1.54) is 5.56 Å². The van der Waals surface area contributed by atoms with Crippen LogP contribution >= 0.6 is 0 Å². The standard InChI is InChI=1S/C18H20N2O/c1-13-16(12-14-8-6-7-11-17(14)19-13)18(21)20(2)15-9-4-3-5-10-15/h3-11,13,16,19H,12H2,1-2H3. The normalized spacial score (nSPS) is 20.3. The van der Waals surface area contributed by atoms with Crippen LogP contribution in [0.5, 0.6) is 0 Å². The summed E-state index contributed by atoms with van der Waals surface area (Å²) in [6.45, 7) is 2.08. The number of rotatable bonds is 2. The third-order valence-electron chi connectivity index (χ3n) is 4.24. The van der Waals surface area contributed by atoms with Crippen LogP contribution in [0.3, 0.4) is 0 Å². The highest BCUT2D eigenvalue weighted by atomic mass is 16.2. The van der Waals surface area contributed by atoms with Crippen molar-refractivity contribution in [1.82, 2.24) is 0 Å². The van der Waals surface area contributed by atoms with Gasteiger partial charge in [-0.15, -0.1) is 0 Å². The van der Waals surface area contributed by atoms with Crippen LogP contribution in [-0.4, -0.2) is 19.0 Å². The molecule has 108 valence electrons. The third kappa shape index (κ3) is 2.64. The Kier molecular flexibility index (Phi) is 3.65. The molecule has 2 aromatic carbocycles. The fraction of sp³-hybridized carbons (Fsp3) is 0.278. The number of nitrogens with zero attached hydrogens (tertiary/aromatic N) is 1. The number of hydrogen-bond acceptors (Lipinski definition) is 2. The Morgan fingerprint density at radius 2 is 1.76 bits per heavy atom. The average Bonchev–Trinajstić information content (AvgIpc) is 2.53. The number of fused-ring (bicyclic) bond motifs is 1. The van der Waals surface area contributed by atoms with E-state index >= 15 is 0 Å². The minimum absolute atomic E-state index is 0.0369. The van der Waals surface area contributed by atoms with Crippen LogP contribution in [0, 0.1) is 5.92 Å². The molecule has 0 aliphatic carbocycles. The Bertz CT molecular complexity index is 639. The van der Waals surface area contributed by atoms with Crippen LogP contribution in [-0.2, 0) is 11.2 Å². The topological polar surface area (TPSA) is 32.3 Å². The zero-order chi connectivity index (χ0) is 14.8. The van der Waals surface area contributed by atoms with Gasteiger partial charge in [0.25, 0.3) is 0 Å². The number of carbonyl (C=O) groups excluding carboxylic acids is 1. The molecular weight excluding hydrogens is 260 g/mol. The number of amides is 1. The molecule has 2 aromatic rings. The number of anilines is 2. The number of para-hydroxylation sites is 2. The predicted molar refractivity (Wildman–Crippen MR) is 86.6 cm³/mol. The molecule has 0 bridgehead atoms. The van der Waals surface area contributed by atoms with Crippen LogP contribution in [0.2, 0.25) is 0 Å². The summed E-state index contributed by atoms with van der Waals surface area (Å²) in [7, 11) is 1.85. The largest absolute Gasteiger partial charge is 0.382 e. The van der Waals surface area contributed by atoms with Gasteiger partial charge >= 0.3 is 0 Å². The van der Waals surface area contributed by atoms with Crippen molar-refractivity contribution in [3.63, 3.8) is 0 Å². The molecule has 1 aliphatic heterocycles. The molecule has 1 heterocycles. The molecule has 0 aromatic heterocycles. The van der Waals surface area contributed by atoms with Crippen LogP contribution in [0.25, 0.3) is 0 Å². The van der Waals surface area contributed by atoms with Gasteiger partial charge in [-0.1, -0.05) is 36.4 Å². The van der Waals surface area contributed by atoms with E-state index in [1.54, 1.807) is 4.90 Å². The average molecular weight is 280 g/mol. The van der Waals surface area contributed by atoms with Gasteiger partial charge in [0.05, 0.1) is 5.92 Å². The van der Waals surface area contributed by atoms with Gasteiger partial charge < -0.3 is 10.2 Å². The highest BCUT2D eigenvalue weighted by molar-refractivity contribution is 5.95. The maximum absolute atomic E-state index is 12.8. The molecule has 0 fully saturated rings. The van der Waals surface area contributed by atoms with Crippen molar-refractivity contribution in [2.75, 3.05) is 17.3 Å². The van der Waals surface area contributed by atoms with Crippen molar-refractivity contribution in [3.05, 3.63) is 60.2 Å². The van der Waals surface area contributed by atoms with E-state index in [2.05, 4.69) is 24.4 Å². The Balaban J connectivity index is 1.82. The van der Waals surface area contributed by atoms with Crippen molar-refractivity contribution >= 4 is 17.3 Å². The summed E-state index contributed by atoms with van der Waals surface area (Å²) in [6, 6.07) is 18.2. The third-order valence-corrected chi connectivity index (χ3v) is 4.24. The summed E-state index contributed by atoms with van der Waals surface area (Å²) < 4.78 is 0. The van der Waals surface area contributed by atoms with E-state index in [1.807, 2.05) is 49.5 Å². The molecule has 0 spiro atoms. The summed E-state index contributed by atoms with van der Waals surface area (Å²) in [5.74, 6) is 0.126. The molecular formula is C18H20N2O. The summed E-state index contributed by atoms with van der Waals surface area (Å²) in [5, 5.41) is 3.45. The van der Waals surface area contributed by atoms with E-state index in [0.29, 0.717) is 0 Å². The van der Waals surface area contributed by atoms with Crippen LogP contribution in [0.1, 0.15) is 12.5 Å². The van der Waals surface area contributed by atoms with Gasteiger partial charge in [-0.2, -0.15) is 0 Å².